The van der Waals surface area contributed by atoms with Crippen molar-refractivity contribution >= 4 is 44.2 Å². The number of fused-ring (bicyclic) bond motifs is 1. The van der Waals surface area contributed by atoms with Crippen molar-refractivity contribution in [3.63, 3.8) is 0 Å². The number of H-pyrrole nitrogens is 1. The van der Waals surface area contributed by atoms with Crippen LogP contribution >= 0.6 is 0 Å². The topological polar surface area (TPSA) is 123 Å². The first kappa shape index (κ1) is 28.3. The second-order valence-corrected chi connectivity index (χ2v) is 12.0. The Labute approximate surface area is 230 Å². The molecule has 1 aromatic heterocycles. The van der Waals surface area contributed by atoms with Crippen molar-refractivity contribution in [3.8, 4) is 0 Å². The number of hydrazone groups is 1. The van der Waals surface area contributed by atoms with Crippen molar-refractivity contribution in [2.75, 3.05) is 41.5 Å². The molecule has 10 nitrogen and oxygen atoms in total. The number of urea groups is 1. The van der Waals surface area contributed by atoms with E-state index < -0.39 is 9.84 Å². The summed E-state index contributed by atoms with van der Waals surface area (Å²) in [5, 5.41) is 12.4. The summed E-state index contributed by atoms with van der Waals surface area (Å²) in [7, 11) is -2.89. The van der Waals surface area contributed by atoms with Crippen molar-refractivity contribution in [2.45, 2.75) is 34.2 Å². The molecule has 3 aromatic rings. The Morgan fingerprint density at radius 3 is 2.38 bits per heavy atom. The maximum absolute atomic E-state index is 12.7. The van der Waals surface area contributed by atoms with E-state index in [1.165, 1.54) is 0 Å². The van der Waals surface area contributed by atoms with E-state index in [4.69, 9.17) is 5.10 Å². The molecule has 0 aliphatic carbocycles. The standard InChI is InChI=1S/C26H31N7O3S.C2H6/c1-18(2)24-15-20(27-26(34)30-25-28-22-5-3-4-6-23(22)29-25)17-33(31-24)21-9-7-19(8-10-21)16-32-11-13-37(35,36)14-12-32;1-2/h3-10,15,18H,11-14,16-17H2,1-2H3,(H3,27,28,29,30,34);1-2H3. The molecule has 5 rings (SSSR count). The quantitative estimate of drug-likeness (QED) is 0.419. The molecule has 2 aliphatic rings. The van der Waals surface area contributed by atoms with E-state index in [-0.39, 0.29) is 23.5 Å². The van der Waals surface area contributed by atoms with Crippen LogP contribution in [0.2, 0.25) is 0 Å². The maximum atomic E-state index is 12.7. The lowest BCUT2D eigenvalue weighted by Gasteiger charge is -2.28. The fourth-order valence-electron chi connectivity index (χ4n) is 4.33. The minimum Gasteiger partial charge on any atom is -0.324 e. The van der Waals surface area contributed by atoms with Gasteiger partial charge in [0.25, 0.3) is 0 Å². The first-order valence-corrected chi connectivity index (χ1v) is 15.2. The fraction of sp³-hybridized carbons (Fsp3) is 0.393. The largest absolute Gasteiger partial charge is 0.325 e. The van der Waals surface area contributed by atoms with E-state index in [0.29, 0.717) is 32.1 Å². The summed E-state index contributed by atoms with van der Waals surface area (Å²) in [5.41, 5.74) is 5.25. The van der Waals surface area contributed by atoms with E-state index in [0.717, 1.165) is 33.7 Å². The molecule has 2 aromatic carbocycles. The number of anilines is 2. The van der Waals surface area contributed by atoms with E-state index in [1.807, 2.05) is 73.5 Å². The van der Waals surface area contributed by atoms with Crippen molar-refractivity contribution in [2.24, 2.45) is 11.0 Å². The van der Waals surface area contributed by atoms with Crippen LogP contribution in [0.3, 0.4) is 0 Å². The fourth-order valence-corrected chi connectivity index (χ4v) is 5.61. The molecule has 11 heteroatoms. The smallest absolute Gasteiger partial charge is 0.324 e. The van der Waals surface area contributed by atoms with Gasteiger partial charge in [0.1, 0.15) is 0 Å². The van der Waals surface area contributed by atoms with Gasteiger partial charge in [-0.25, -0.2) is 18.2 Å². The number of allylic oxidation sites excluding steroid dienone is 1. The highest BCUT2D eigenvalue weighted by Gasteiger charge is 2.22. The average molecular weight is 552 g/mol. The summed E-state index contributed by atoms with van der Waals surface area (Å²) in [6.07, 6.45) is 1.91. The van der Waals surface area contributed by atoms with Crippen molar-refractivity contribution in [1.82, 2.24) is 20.2 Å². The van der Waals surface area contributed by atoms with Crippen LogP contribution in [-0.4, -0.2) is 66.2 Å². The van der Waals surface area contributed by atoms with Crippen LogP contribution in [0.4, 0.5) is 16.4 Å². The average Bonchev–Trinajstić information content (AvgIpc) is 3.33. The van der Waals surface area contributed by atoms with Gasteiger partial charge in [0, 0.05) is 25.3 Å². The van der Waals surface area contributed by atoms with Crippen LogP contribution < -0.4 is 15.6 Å². The Morgan fingerprint density at radius 1 is 1.03 bits per heavy atom. The summed E-state index contributed by atoms with van der Waals surface area (Å²) in [4.78, 5) is 22.4. The Morgan fingerprint density at radius 2 is 1.72 bits per heavy atom. The molecule has 2 aliphatic heterocycles. The van der Waals surface area contributed by atoms with Crippen LogP contribution in [0.1, 0.15) is 33.3 Å². The summed E-state index contributed by atoms with van der Waals surface area (Å²) in [6, 6.07) is 15.3. The third-order valence-corrected chi connectivity index (χ3v) is 8.05. The molecule has 1 saturated heterocycles. The van der Waals surface area contributed by atoms with Gasteiger partial charge in [0.05, 0.1) is 40.5 Å². The number of sulfone groups is 1. The Balaban J connectivity index is 0.00000172. The normalized spacial score (nSPS) is 17.2. The second-order valence-electron chi connectivity index (χ2n) is 9.68. The molecule has 0 spiro atoms. The van der Waals surface area contributed by atoms with E-state index >= 15 is 0 Å². The van der Waals surface area contributed by atoms with E-state index in [9.17, 15) is 13.2 Å². The lowest BCUT2D eigenvalue weighted by atomic mass is 10.1. The van der Waals surface area contributed by atoms with E-state index in [1.54, 1.807) is 0 Å². The highest BCUT2D eigenvalue weighted by molar-refractivity contribution is 7.91. The number of aromatic nitrogens is 2. The third kappa shape index (κ3) is 7.45. The van der Waals surface area contributed by atoms with Crippen LogP contribution in [0.15, 0.2) is 65.4 Å². The highest BCUT2D eigenvalue weighted by atomic mass is 32.2. The predicted molar refractivity (Wildman–Crippen MR) is 158 cm³/mol. The van der Waals surface area contributed by atoms with Crippen molar-refractivity contribution < 1.29 is 13.2 Å². The molecule has 1 fully saturated rings. The monoisotopic (exact) mass is 551 g/mol. The van der Waals surface area contributed by atoms with Gasteiger partial charge in [0.2, 0.25) is 5.95 Å². The van der Waals surface area contributed by atoms with Gasteiger partial charge in [-0.15, -0.1) is 0 Å². The summed E-state index contributed by atoms with van der Waals surface area (Å²) < 4.78 is 23.4. The molecular weight excluding hydrogens is 514 g/mol. The Bertz CT molecular complexity index is 1410. The predicted octanol–water partition coefficient (Wildman–Crippen LogP) is 4.36. The first-order chi connectivity index (χ1) is 18.7. The molecule has 3 heterocycles. The number of carbonyl (C=O) groups excluding carboxylic acids is 1. The van der Waals surface area contributed by atoms with Gasteiger partial charge >= 0.3 is 6.03 Å². The second kappa shape index (κ2) is 12.4. The Kier molecular flexibility index (Phi) is 9.03. The van der Waals surface area contributed by atoms with Gasteiger partial charge < -0.3 is 10.3 Å². The van der Waals surface area contributed by atoms with Crippen LogP contribution in [-0.2, 0) is 16.4 Å². The molecule has 3 N–H and O–H groups in total. The SMILES string of the molecule is CC.CC(C)C1=NN(c2ccc(CN3CCS(=O)(=O)CC3)cc2)CC(NC(=O)Nc2nc3ccccc3[nH]2)=C1. The number of hydrogen-bond acceptors (Lipinski definition) is 7. The molecule has 0 radical (unpaired) electrons. The molecule has 0 saturated carbocycles. The number of amides is 2. The third-order valence-electron chi connectivity index (χ3n) is 6.44. The van der Waals surface area contributed by atoms with Gasteiger partial charge in [0.15, 0.2) is 9.84 Å². The number of rotatable bonds is 6. The lowest BCUT2D eigenvalue weighted by Crippen LogP contribution is -2.39. The van der Waals surface area contributed by atoms with Crippen LogP contribution in [0, 0.1) is 5.92 Å². The molecule has 0 bridgehead atoms. The zero-order valence-electron chi connectivity index (χ0n) is 22.9. The molecule has 208 valence electrons. The van der Waals surface area contributed by atoms with E-state index in [2.05, 4.69) is 39.3 Å². The van der Waals surface area contributed by atoms with Crippen LogP contribution in [0.5, 0.6) is 0 Å². The zero-order valence-corrected chi connectivity index (χ0v) is 23.8. The van der Waals surface area contributed by atoms with Gasteiger partial charge in [-0.1, -0.05) is 52.0 Å². The number of hydrogen-bond donors (Lipinski definition) is 3. The number of carbonyl (C=O) groups is 1. The minimum absolute atomic E-state index is 0.174. The number of benzene rings is 2. The number of aromatic amines is 1. The minimum atomic E-state index is -2.89. The number of nitrogens with one attached hydrogen (secondary N) is 3. The number of para-hydroxylation sites is 2. The first-order valence-electron chi connectivity index (χ1n) is 13.4. The van der Waals surface area contributed by atoms with Crippen molar-refractivity contribution in [3.05, 3.63) is 65.9 Å². The van der Waals surface area contributed by atoms with Gasteiger partial charge in [-0.2, -0.15) is 5.10 Å². The van der Waals surface area contributed by atoms with Crippen molar-refractivity contribution in [1.29, 1.82) is 0 Å². The zero-order chi connectivity index (χ0) is 28.0. The molecular formula is C28H37N7O3S. The molecule has 2 amide bonds. The number of imidazole rings is 1. The molecule has 39 heavy (non-hydrogen) atoms. The maximum Gasteiger partial charge on any atom is 0.325 e. The van der Waals surface area contributed by atoms with Gasteiger partial charge in [-0.3, -0.25) is 15.2 Å². The molecule has 0 unspecified atom stereocenters. The highest BCUT2D eigenvalue weighted by Crippen LogP contribution is 2.22. The van der Waals surface area contributed by atoms with Gasteiger partial charge in [-0.05, 0) is 41.8 Å². The lowest BCUT2D eigenvalue weighted by molar-refractivity contribution is 0.254. The number of nitrogens with zero attached hydrogens (tertiary/aromatic N) is 4. The summed E-state index contributed by atoms with van der Waals surface area (Å²) in [5.74, 6) is 0.995. The Hall–Kier alpha value is -3.70. The summed E-state index contributed by atoms with van der Waals surface area (Å²) >= 11 is 0. The summed E-state index contributed by atoms with van der Waals surface area (Å²) in [6.45, 7) is 10.4. The molecule has 0 atom stereocenters. The van der Waals surface area contributed by atoms with Crippen LogP contribution in [0.25, 0.3) is 11.0 Å².